The Morgan fingerprint density at radius 1 is 1.00 bits per heavy atom. The van der Waals surface area contributed by atoms with Gasteiger partial charge in [0.25, 0.3) is 0 Å². The minimum Gasteiger partial charge on any atom is -0.478 e. The summed E-state index contributed by atoms with van der Waals surface area (Å²) in [6.45, 7) is 0.354. The second-order valence-corrected chi connectivity index (χ2v) is 8.23. The largest absolute Gasteiger partial charge is 0.478 e. The van der Waals surface area contributed by atoms with E-state index in [2.05, 4.69) is 4.99 Å². The molecule has 1 atom stereocenters. The fourth-order valence-corrected chi connectivity index (χ4v) is 4.47. The highest BCUT2D eigenvalue weighted by molar-refractivity contribution is 8.15. The van der Waals surface area contributed by atoms with Crippen LogP contribution in [0.15, 0.2) is 83.9 Å². The molecule has 31 heavy (non-hydrogen) atoms. The lowest BCUT2D eigenvalue weighted by Gasteiger charge is -2.16. The van der Waals surface area contributed by atoms with E-state index in [0.717, 1.165) is 5.56 Å². The highest BCUT2D eigenvalue weighted by Gasteiger charge is 2.38. The average molecular weight is 434 g/mol. The molecule has 0 saturated carbocycles. The Kier molecular flexibility index (Phi) is 6.13. The highest BCUT2D eigenvalue weighted by atomic mass is 32.2. The Morgan fingerprint density at radius 3 is 2.35 bits per heavy atom. The number of amides is 1. The van der Waals surface area contributed by atoms with Gasteiger partial charge in [0.1, 0.15) is 5.82 Å². The molecule has 0 radical (unpaired) electrons. The molecular weight excluding hydrogens is 415 g/mol. The molecule has 0 aromatic heterocycles. The number of hydrogen-bond acceptors (Lipinski definition) is 4. The van der Waals surface area contributed by atoms with E-state index in [1.54, 1.807) is 35.2 Å². The van der Waals surface area contributed by atoms with Crippen LogP contribution in [0, 0.1) is 5.82 Å². The van der Waals surface area contributed by atoms with Gasteiger partial charge in [0.05, 0.1) is 23.0 Å². The number of carboxylic acids is 1. The van der Waals surface area contributed by atoms with Gasteiger partial charge in [-0.05, 0) is 47.9 Å². The van der Waals surface area contributed by atoms with Gasteiger partial charge < -0.3 is 5.11 Å². The van der Waals surface area contributed by atoms with E-state index in [9.17, 15) is 14.0 Å². The molecule has 1 N–H and O–H groups in total. The van der Waals surface area contributed by atoms with Crippen molar-refractivity contribution < 1.29 is 19.1 Å². The number of thioether (sulfide) groups is 1. The molecule has 1 heterocycles. The van der Waals surface area contributed by atoms with Crippen molar-refractivity contribution in [1.82, 2.24) is 4.90 Å². The molecule has 1 unspecified atom stereocenters. The van der Waals surface area contributed by atoms with Gasteiger partial charge in [0.2, 0.25) is 5.91 Å². The summed E-state index contributed by atoms with van der Waals surface area (Å²) in [4.78, 5) is 30.5. The van der Waals surface area contributed by atoms with Gasteiger partial charge in [0, 0.05) is 0 Å². The molecule has 1 aliphatic rings. The molecule has 1 fully saturated rings. The molecule has 1 aliphatic heterocycles. The minimum absolute atomic E-state index is 0.127. The van der Waals surface area contributed by atoms with Crippen molar-refractivity contribution in [1.29, 1.82) is 0 Å². The van der Waals surface area contributed by atoms with Crippen molar-refractivity contribution in [3.8, 4) is 0 Å². The molecule has 1 amide bonds. The molecule has 156 valence electrons. The summed E-state index contributed by atoms with van der Waals surface area (Å²) in [7, 11) is 0. The number of carboxylic acid groups (broad SMARTS) is 1. The number of aromatic carboxylic acids is 1. The third kappa shape index (κ3) is 4.83. The highest BCUT2D eigenvalue weighted by Crippen LogP contribution is 2.33. The van der Waals surface area contributed by atoms with Crippen LogP contribution in [-0.4, -0.2) is 32.3 Å². The molecule has 0 aliphatic carbocycles. The van der Waals surface area contributed by atoms with Crippen LogP contribution in [0.1, 0.15) is 21.5 Å². The predicted molar refractivity (Wildman–Crippen MR) is 119 cm³/mol. The van der Waals surface area contributed by atoms with Gasteiger partial charge in [-0.25, -0.2) is 14.2 Å². The van der Waals surface area contributed by atoms with E-state index in [0.29, 0.717) is 23.0 Å². The summed E-state index contributed by atoms with van der Waals surface area (Å²) in [5.41, 5.74) is 2.15. The third-order valence-corrected chi connectivity index (χ3v) is 6.08. The second-order valence-electron chi connectivity index (χ2n) is 7.06. The molecule has 3 aromatic carbocycles. The first-order valence-electron chi connectivity index (χ1n) is 9.68. The van der Waals surface area contributed by atoms with Crippen LogP contribution < -0.4 is 0 Å². The lowest BCUT2D eigenvalue weighted by atomic mass is 10.1. The number of hydrogen-bond donors (Lipinski definition) is 1. The zero-order valence-corrected chi connectivity index (χ0v) is 17.3. The fraction of sp³-hybridized carbons (Fsp3) is 0.125. The Bertz CT molecular complexity index is 1130. The third-order valence-electron chi connectivity index (χ3n) is 4.91. The summed E-state index contributed by atoms with van der Waals surface area (Å²) in [5, 5.41) is 9.10. The van der Waals surface area contributed by atoms with Crippen LogP contribution in [0.2, 0.25) is 0 Å². The maximum Gasteiger partial charge on any atom is 0.335 e. The van der Waals surface area contributed by atoms with Crippen molar-refractivity contribution in [3.05, 3.63) is 101 Å². The van der Waals surface area contributed by atoms with E-state index in [1.165, 1.54) is 30.0 Å². The molecule has 0 spiro atoms. The number of halogens is 1. The van der Waals surface area contributed by atoms with Gasteiger partial charge in [-0.2, -0.15) is 0 Å². The zero-order valence-electron chi connectivity index (χ0n) is 16.4. The van der Waals surface area contributed by atoms with Crippen molar-refractivity contribution in [2.24, 2.45) is 4.99 Å². The average Bonchev–Trinajstić information content (AvgIpc) is 3.05. The van der Waals surface area contributed by atoms with Gasteiger partial charge in [-0.1, -0.05) is 60.3 Å². The van der Waals surface area contributed by atoms with E-state index < -0.39 is 11.2 Å². The Hall–Kier alpha value is -3.45. The number of benzene rings is 3. The van der Waals surface area contributed by atoms with Crippen LogP contribution in [0.25, 0.3) is 0 Å². The fourth-order valence-electron chi connectivity index (χ4n) is 3.29. The SMILES string of the molecule is O=C(O)c1ccc(N=C2SC(Cc3ccccc3F)C(=O)N2Cc2ccccc2)cc1. The normalized spacial score (nSPS) is 17.3. The number of aliphatic imine (C=N–C) groups is 1. The van der Waals surface area contributed by atoms with Crippen LogP contribution in [-0.2, 0) is 17.8 Å². The molecule has 4 rings (SSSR count). The minimum atomic E-state index is -1.01. The summed E-state index contributed by atoms with van der Waals surface area (Å²) < 4.78 is 14.1. The van der Waals surface area contributed by atoms with Crippen molar-refractivity contribution in [2.75, 3.05) is 0 Å². The lowest BCUT2D eigenvalue weighted by Crippen LogP contribution is -2.32. The maximum absolute atomic E-state index is 14.1. The number of amidine groups is 1. The quantitative estimate of drug-likeness (QED) is 0.599. The van der Waals surface area contributed by atoms with E-state index >= 15 is 0 Å². The summed E-state index contributed by atoms with van der Waals surface area (Å²) in [6.07, 6.45) is 0.262. The summed E-state index contributed by atoms with van der Waals surface area (Å²) in [5.74, 6) is -1.47. The van der Waals surface area contributed by atoms with Crippen LogP contribution in [0.5, 0.6) is 0 Å². The van der Waals surface area contributed by atoms with Crippen molar-refractivity contribution in [2.45, 2.75) is 18.2 Å². The molecule has 0 bridgehead atoms. The molecule has 5 nitrogen and oxygen atoms in total. The maximum atomic E-state index is 14.1. The van der Waals surface area contributed by atoms with E-state index in [4.69, 9.17) is 5.11 Å². The topological polar surface area (TPSA) is 70.0 Å². The first-order valence-corrected chi connectivity index (χ1v) is 10.6. The number of rotatable bonds is 6. The number of nitrogens with zero attached hydrogens (tertiary/aromatic N) is 2. The zero-order chi connectivity index (χ0) is 21.8. The molecular formula is C24H19FN2O3S. The van der Waals surface area contributed by atoms with Crippen molar-refractivity contribution in [3.63, 3.8) is 0 Å². The van der Waals surface area contributed by atoms with Gasteiger partial charge in [-0.3, -0.25) is 9.69 Å². The molecule has 7 heteroatoms. The first kappa shape index (κ1) is 20.8. The Morgan fingerprint density at radius 2 is 1.68 bits per heavy atom. The van der Waals surface area contributed by atoms with Crippen LogP contribution >= 0.6 is 11.8 Å². The Balaban J connectivity index is 1.63. The van der Waals surface area contributed by atoms with Crippen molar-refractivity contribution >= 4 is 34.5 Å². The standard InChI is InChI=1S/C24H19FN2O3S/c25-20-9-5-4-8-18(20)14-21-22(28)27(15-16-6-2-1-3-7-16)24(31-21)26-19-12-10-17(11-13-19)23(29)30/h1-13,21H,14-15H2,(H,29,30). The number of carbonyl (C=O) groups excluding carboxylic acids is 1. The van der Waals surface area contributed by atoms with Crippen LogP contribution in [0.3, 0.4) is 0 Å². The molecule has 3 aromatic rings. The van der Waals surface area contributed by atoms with Gasteiger partial charge >= 0.3 is 5.97 Å². The van der Waals surface area contributed by atoms with Crippen LogP contribution in [0.4, 0.5) is 10.1 Å². The van der Waals surface area contributed by atoms with E-state index in [1.807, 2.05) is 30.3 Å². The lowest BCUT2D eigenvalue weighted by molar-refractivity contribution is -0.126. The summed E-state index contributed by atoms with van der Waals surface area (Å²) >= 11 is 1.30. The molecule has 1 saturated heterocycles. The predicted octanol–water partition coefficient (Wildman–Crippen LogP) is 4.90. The smallest absolute Gasteiger partial charge is 0.335 e. The monoisotopic (exact) mass is 434 g/mol. The van der Waals surface area contributed by atoms with Gasteiger partial charge in [-0.15, -0.1) is 0 Å². The van der Waals surface area contributed by atoms with E-state index in [-0.39, 0.29) is 23.7 Å². The van der Waals surface area contributed by atoms with Gasteiger partial charge in [0.15, 0.2) is 5.17 Å². The Labute approximate surface area is 183 Å². The number of carbonyl (C=O) groups is 2. The second kappa shape index (κ2) is 9.14. The first-order chi connectivity index (χ1) is 15.0. The summed E-state index contributed by atoms with van der Waals surface area (Å²) in [6, 6.07) is 22.2.